The van der Waals surface area contributed by atoms with Gasteiger partial charge >= 0.3 is 0 Å². The molecule has 19 heavy (non-hydrogen) atoms. The van der Waals surface area contributed by atoms with Crippen molar-refractivity contribution in [1.29, 1.82) is 0 Å². The number of thiophene rings is 1. The van der Waals surface area contributed by atoms with Gasteiger partial charge < -0.3 is 10.6 Å². The Morgan fingerprint density at radius 1 is 1.26 bits per heavy atom. The van der Waals surface area contributed by atoms with E-state index in [2.05, 4.69) is 52.6 Å². The lowest BCUT2D eigenvalue weighted by atomic mass is 9.96. The molecule has 100 valence electrons. The molecule has 0 aliphatic carbocycles. The molecule has 3 rings (SSSR count). The van der Waals surface area contributed by atoms with Gasteiger partial charge in [-0.25, -0.2) is 0 Å². The highest BCUT2D eigenvalue weighted by molar-refractivity contribution is 7.08. The molecule has 1 atom stereocenters. The van der Waals surface area contributed by atoms with Gasteiger partial charge in [0.2, 0.25) is 0 Å². The summed E-state index contributed by atoms with van der Waals surface area (Å²) in [5, 5.41) is 11.6. The number of aryl methyl sites for hydroxylation is 1. The molecule has 0 spiro atoms. The van der Waals surface area contributed by atoms with E-state index < -0.39 is 0 Å². The lowest BCUT2D eigenvalue weighted by molar-refractivity contribution is 0.447. The third-order valence-corrected chi connectivity index (χ3v) is 4.74. The molecular formula is C16H20N2S. The molecule has 0 amide bonds. The second-order valence-electron chi connectivity index (χ2n) is 5.26. The Bertz CT molecular complexity index is 547. The first-order chi connectivity index (χ1) is 9.33. The van der Waals surface area contributed by atoms with E-state index in [-0.39, 0.29) is 0 Å². The monoisotopic (exact) mass is 272 g/mol. The van der Waals surface area contributed by atoms with Crippen LogP contribution in [-0.2, 0) is 19.5 Å². The van der Waals surface area contributed by atoms with Gasteiger partial charge in [0.25, 0.3) is 0 Å². The molecule has 2 nitrogen and oxygen atoms in total. The van der Waals surface area contributed by atoms with Gasteiger partial charge in [-0.05, 0) is 46.4 Å². The second-order valence-corrected chi connectivity index (χ2v) is 6.01. The van der Waals surface area contributed by atoms with Crippen molar-refractivity contribution in [1.82, 2.24) is 10.6 Å². The molecular weight excluding hydrogens is 252 g/mol. The number of nitrogens with one attached hydrogen (secondary N) is 2. The summed E-state index contributed by atoms with van der Waals surface area (Å²) in [5.74, 6) is 0. The van der Waals surface area contributed by atoms with Gasteiger partial charge in [0, 0.05) is 25.7 Å². The minimum Gasteiger partial charge on any atom is -0.311 e. The summed E-state index contributed by atoms with van der Waals surface area (Å²) in [6, 6.07) is 9.29. The molecule has 1 aliphatic rings. The maximum absolute atomic E-state index is 3.61. The summed E-state index contributed by atoms with van der Waals surface area (Å²) in [6.45, 7) is 5.20. The molecule has 2 N–H and O–H groups in total. The molecule has 0 radical (unpaired) electrons. The summed E-state index contributed by atoms with van der Waals surface area (Å²) >= 11 is 1.79. The minimum atomic E-state index is 0.550. The average Bonchev–Trinajstić information content (AvgIpc) is 2.84. The molecule has 0 saturated carbocycles. The van der Waals surface area contributed by atoms with Gasteiger partial charge in [-0.2, -0.15) is 11.3 Å². The Hall–Kier alpha value is -1.16. The fraction of sp³-hybridized carbons (Fsp3) is 0.375. The SMILES string of the molecule is Cc1cscc1CNCC1Cc2ccccc2CN1. The van der Waals surface area contributed by atoms with Gasteiger partial charge in [-0.3, -0.25) is 0 Å². The summed E-state index contributed by atoms with van der Waals surface area (Å²) < 4.78 is 0. The Labute approximate surface area is 118 Å². The maximum Gasteiger partial charge on any atom is 0.0236 e. The first-order valence-electron chi connectivity index (χ1n) is 6.85. The third kappa shape index (κ3) is 3.06. The number of rotatable bonds is 4. The predicted octanol–water partition coefficient (Wildman–Crippen LogP) is 2.86. The normalized spacial score (nSPS) is 18.3. The molecule has 3 heteroatoms. The van der Waals surface area contributed by atoms with E-state index in [1.54, 1.807) is 11.3 Å². The zero-order valence-electron chi connectivity index (χ0n) is 11.3. The average molecular weight is 272 g/mol. The first kappa shape index (κ1) is 12.9. The van der Waals surface area contributed by atoms with Gasteiger partial charge in [0.15, 0.2) is 0 Å². The van der Waals surface area contributed by atoms with Crippen molar-refractivity contribution in [3.05, 3.63) is 57.3 Å². The fourth-order valence-corrected chi connectivity index (χ4v) is 3.47. The molecule has 2 aromatic rings. The Balaban J connectivity index is 1.51. The zero-order valence-corrected chi connectivity index (χ0v) is 12.1. The van der Waals surface area contributed by atoms with Gasteiger partial charge in [0.1, 0.15) is 0 Å². The van der Waals surface area contributed by atoms with Crippen LogP contribution >= 0.6 is 11.3 Å². The summed E-state index contributed by atoms with van der Waals surface area (Å²) in [5.41, 5.74) is 5.79. The van der Waals surface area contributed by atoms with E-state index in [0.29, 0.717) is 6.04 Å². The number of hydrogen-bond acceptors (Lipinski definition) is 3. The molecule has 1 aliphatic heterocycles. The Morgan fingerprint density at radius 2 is 2.11 bits per heavy atom. The van der Waals surface area contributed by atoms with Crippen molar-refractivity contribution in [2.75, 3.05) is 6.54 Å². The van der Waals surface area contributed by atoms with E-state index >= 15 is 0 Å². The second kappa shape index (κ2) is 5.87. The lowest BCUT2D eigenvalue weighted by Crippen LogP contribution is -2.42. The van der Waals surface area contributed by atoms with Gasteiger partial charge in [-0.1, -0.05) is 24.3 Å². The Morgan fingerprint density at radius 3 is 2.89 bits per heavy atom. The van der Waals surface area contributed by atoms with E-state index in [1.165, 1.54) is 22.3 Å². The first-order valence-corrected chi connectivity index (χ1v) is 7.80. The van der Waals surface area contributed by atoms with Gasteiger partial charge in [-0.15, -0.1) is 0 Å². The fourth-order valence-electron chi connectivity index (χ4n) is 2.61. The number of hydrogen-bond donors (Lipinski definition) is 2. The van der Waals surface area contributed by atoms with Crippen LogP contribution in [0.1, 0.15) is 22.3 Å². The maximum atomic E-state index is 3.61. The molecule has 1 aromatic heterocycles. The van der Waals surface area contributed by atoms with Crippen LogP contribution in [-0.4, -0.2) is 12.6 Å². The van der Waals surface area contributed by atoms with Crippen molar-refractivity contribution in [3.63, 3.8) is 0 Å². The van der Waals surface area contributed by atoms with E-state index in [0.717, 1.165) is 26.1 Å². The van der Waals surface area contributed by atoms with E-state index in [9.17, 15) is 0 Å². The van der Waals surface area contributed by atoms with Crippen LogP contribution in [0.5, 0.6) is 0 Å². The van der Waals surface area contributed by atoms with E-state index in [4.69, 9.17) is 0 Å². The van der Waals surface area contributed by atoms with E-state index in [1.807, 2.05) is 0 Å². The summed E-state index contributed by atoms with van der Waals surface area (Å²) in [7, 11) is 0. The highest BCUT2D eigenvalue weighted by Gasteiger charge is 2.16. The minimum absolute atomic E-state index is 0.550. The number of fused-ring (bicyclic) bond motifs is 1. The Kier molecular flexibility index (Phi) is 3.97. The van der Waals surface area contributed by atoms with Crippen LogP contribution < -0.4 is 10.6 Å². The van der Waals surface area contributed by atoms with Crippen molar-refractivity contribution in [2.24, 2.45) is 0 Å². The largest absolute Gasteiger partial charge is 0.311 e. The summed E-state index contributed by atoms with van der Waals surface area (Å²) in [4.78, 5) is 0. The smallest absolute Gasteiger partial charge is 0.0236 e. The molecule has 1 aromatic carbocycles. The van der Waals surface area contributed by atoms with Crippen LogP contribution in [0.15, 0.2) is 35.0 Å². The standard InChI is InChI=1S/C16H20N2S/c1-12-10-19-11-15(12)7-17-9-16-6-13-4-2-3-5-14(13)8-18-16/h2-5,10-11,16-18H,6-9H2,1H3. The van der Waals surface area contributed by atoms with Crippen molar-refractivity contribution in [3.8, 4) is 0 Å². The molecule has 0 bridgehead atoms. The lowest BCUT2D eigenvalue weighted by Gasteiger charge is -2.26. The molecule has 2 heterocycles. The van der Waals surface area contributed by atoms with Crippen LogP contribution in [0.2, 0.25) is 0 Å². The zero-order chi connectivity index (χ0) is 13.1. The summed E-state index contributed by atoms with van der Waals surface area (Å²) in [6.07, 6.45) is 1.13. The predicted molar refractivity (Wildman–Crippen MR) is 81.5 cm³/mol. The van der Waals surface area contributed by atoms with Crippen LogP contribution in [0.25, 0.3) is 0 Å². The van der Waals surface area contributed by atoms with Crippen molar-refractivity contribution < 1.29 is 0 Å². The highest BCUT2D eigenvalue weighted by atomic mass is 32.1. The number of benzene rings is 1. The van der Waals surface area contributed by atoms with Crippen molar-refractivity contribution in [2.45, 2.75) is 32.5 Å². The molecule has 0 saturated heterocycles. The van der Waals surface area contributed by atoms with Crippen LogP contribution in [0.4, 0.5) is 0 Å². The quantitative estimate of drug-likeness (QED) is 0.894. The van der Waals surface area contributed by atoms with Crippen LogP contribution in [0, 0.1) is 6.92 Å². The van der Waals surface area contributed by atoms with Gasteiger partial charge in [0.05, 0.1) is 0 Å². The molecule has 1 unspecified atom stereocenters. The molecule has 0 fully saturated rings. The third-order valence-electron chi connectivity index (χ3n) is 3.83. The topological polar surface area (TPSA) is 24.1 Å². The highest BCUT2D eigenvalue weighted by Crippen LogP contribution is 2.16. The van der Waals surface area contributed by atoms with Crippen LogP contribution in [0.3, 0.4) is 0 Å². The van der Waals surface area contributed by atoms with Crippen molar-refractivity contribution >= 4 is 11.3 Å².